The van der Waals surface area contributed by atoms with Gasteiger partial charge in [-0.25, -0.2) is 9.78 Å². The number of carbonyl (C=O) groups is 2. The van der Waals surface area contributed by atoms with Gasteiger partial charge < -0.3 is 14.6 Å². The topological polar surface area (TPSA) is 73.2 Å². The van der Waals surface area contributed by atoms with Crippen molar-refractivity contribution < 1.29 is 14.3 Å². The molecule has 0 aliphatic heterocycles. The van der Waals surface area contributed by atoms with Crippen molar-refractivity contribution in [2.45, 2.75) is 66.5 Å². The summed E-state index contributed by atoms with van der Waals surface area (Å²) < 4.78 is 7.49. The van der Waals surface area contributed by atoms with Gasteiger partial charge in [0.15, 0.2) is 11.5 Å². The van der Waals surface area contributed by atoms with Gasteiger partial charge in [-0.05, 0) is 57.4 Å². The third kappa shape index (κ3) is 6.32. The Morgan fingerprint density at radius 2 is 1.83 bits per heavy atom. The van der Waals surface area contributed by atoms with Crippen molar-refractivity contribution >= 4 is 29.3 Å². The molecule has 0 spiro atoms. The van der Waals surface area contributed by atoms with Crippen LogP contribution in [0.3, 0.4) is 0 Å². The highest BCUT2D eigenvalue weighted by molar-refractivity contribution is 6.30. The normalized spacial score (nSPS) is 11.6. The highest BCUT2D eigenvalue weighted by Gasteiger charge is 2.29. The molecule has 1 amide bonds. The van der Waals surface area contributed by atoms with E-state index in [1.165, 1.54) is 0 Å². The van der Waals surface area contributed by atoms with Crippen molar-refractivity contribution in [3.8, 4) is 0 Å². The van der Waals surface area contributed by atoms with Gasteiger partial charge in [-0.15, -0.1) is 0 Å². The van der Waals surface area contributed by atoms with Crippen LogP contribution in [-0.2, 0) is 17.7 Å². The summed E-state index contributed by atoms with van der Waals surface area (Å²) in [4.78, 5) is 30.3. The summed E-state index contributed by atoms with van der Waals surface area (Å²) in [6.45, 7) is 12.2. The number of hydrogen-bond donors (Lipinski definition) is 1. The van der Waals surface area contributed by atoms with Gasteiger partial charge in [-0.2, -0.15) is 0 Å². The number of amides is 1. The second-order valence-corrected chi connectivity index (χ2v) is 8.88. The first-order chi connectivity index (χ1) is 13.5. The molecule has 29 heavy (non-hydrogen) atoms. The molecule has 0 saturated carbocycles. The zero-order chi connectivity index (χ0) is 21.8. The molecule has 0 aliphatic rings. The number of imidazole rings is 1. The van der Waals surface area contributed by atoms with Gasteiger partial charge in [0.2, 0.25) is 0 Å². The lowest BCUT2D eigenvalue weighted by molar-refractivity contribution is 0.00579. The quantitative estimate of drug-likeness (QED) is 0.613. The number of rotatable bonds is 7. The van der Waals surface area contributed by atoms with Crippen LogP contribution in [0, 0.1) is 5.92 Å². The van der Waals surface area contributed by atoms with E-state index in [4.69, 9.17) is 16.3 Å². The number of ether oxygens (including phenoxy) is 1. The van der Waals surface area contributed by atoms with Crippen molar-refractivity contribution in [1.29, 1.82) is 0 Å². The van der Waals surface area contributed by atoms with E-state index in [1.54, 1.807) is 24.3 Å². The maximum Gasteiger partial charge on any atom is 0.359 e. The summed E-state index contributed by atoms with van der Waals surface area (Å²) in [5, 5.41) is 3.33. The van der Waals surface area contributed by atoms with E-state index in [1.807, 2.05) is 32.3 Å². The lowest BCUT2D eigenvalue weighted by atomic mass is 10.2. The first-order valence-corrected chi connectivity index (χ1v) is 10.3. The summed E-state index contributed by atoms with van der Waals surface area (Å²) >= 11 is 5.90. The van der Waals surface area contributed by atoms with Gasteiger partial charge in [-0.1, -0.05) is 32.4 Å². The second-order valence-electron chi connectivity index (χ2n) is 8.44. The maximum absolute atomic E-state index is 13.0. The van der Waals surface area contributed by atoms with Crippen molar-refractivity contribution in [1.82, 2.24) is 9.55 Å². The van der Waals surface area contributed by atoms with E-state index in [0.717, 1.165) is 12.2 Å². The number of carbonyl (C=O) groups excluding carboxylic acids is 2. The molecule has 0 aliphatic carbocycles. The smallest absolute Gasteiger partial charge is 0.359 e. The molecule has 0 atom stereocenters. The Morgan fingerprint density at radius 1 is 1.21 bits per heavy atom. The zero-order valence-electron chi connectivity index (χ0n) is 18.0. The Kier molecular flexibility index (Phi) is 7.47. The summed E-state index contributed by atoms with van der Waals surface area (Å²) in [5.74, 6) is 0.417. The molecule has 0 radical (unpaired) electrons. The molecular weight excluding hydrogens is 390 g/mol. The Morgan fingerprint density at radius 3 is 2.34 bits per heavy atom. The Balaban J connectivity index is 2.49. The number of hydrogen-bond acceptors (Lipinski definition) is 4. The molecule has 0 unspecified atom stereocenters. The molecule has 2 aromatic rings. The number of nitrogens with one attached hydrogen (secondary N) is 1. The molecule has 158 valence electrons. The van der Waals surface area contributed by atoms with Crippen LogP contribution in [0.5, 0.6) is 0 Å². The minimum atomic E-state index is -0.660. The molecule has 2 rings (SSSR count). The van der Waals surface area contributed by atoms with Gasteiger partial charge in [0, 0.05) is 23.6 Å². The van der Waals surface area contributed by atoms with Crippen LogP contribution in [0.15, 0.2) is 24.3 Å². The molecule has 1 aromatic carbocycles. The highest BCUT2D eigenvalue weighted by atomic mass is 35.5. The molecule has 1 heterocycles. The lowest BCUT2D eigenvalue weighted by Gasteiger charge is -2.21. The van der Waals surface area contributed by atoms with Crippen molar-refractivity contribution in [2.75, 3.05) is 5.32 Å². The number of nitrogens with zero attached hydrogens (tertiary/aromatic N) is 2. The predicted octanol–water partition coefficient (Wildman–Crippen LogP) is 5.35. The maximum atomic E-state index is 13.0. The van der Waals surface area contributed by atoms with Gasteiger partial charge in [0.25, 0.3) is 5.91 Å². The number of anilines is 1. The first-order valence-electron chi connectivity index (χ1n) is 9.91. The third-order valence-electron chi connectivity index (χ3n) is 4.00. The summed E-state index contributed by atoms with van der Waals surface area (Å²) in [6.07, 6.45) is 1.56. The van der Waals surface area contributed by atoms with Crippen LogP contribution in [0.1, 0.15) is 74.6 Å². The zero-order valence-corrected chi connectivity index (χ0v) is 18.8. The summed E-state index contributed by atoms with van der Waals surface area (Å²) in [5.41, 5.74) is 0.0474. The van der Waals surface area contributed by atoms with E-state index < -0.39 is 11.6 Å². The molecule has 1 N–H and O–H groups in total. The van der Waals surface area contributed by atoms with Gasteiger partial charge >= 0.3 is 5.97 Å². The van der Waals surface area contributed by atoms with Crippen molar-refractivity contribution in [3.05, 3.63) is 46.4 Å². The van der Waals surface area contributed by atoms with Gasteiger partial charge in [0.1, 0.15) is 11.4 Å². The van der Waals surface area contributed by atoms with Crippen LogP contribution < -0.4 is 5.32 Å². The number of esters is 1. The van der Waals surface area contributed by atoms with Crippen LogP contribution >= 0.6 is 11.6 Å². The number of halogens is 1. The predicted molar refractivity (Wildman–Crippen MR) is 116 cm³/mol. The molecule has 0 fully saturated rings. The number of aryl methyl sites for hydroxylation is 1. The molecule has 1 aromatic heterocycles. The summed E-state index contributed by atoms with van der Waals surface area (Å²) in [7, 11) is 0. The van der Waals surface area contributed by atoms with Crippen molar-refractivity contribution in [3.63, 3.8) is 0 Å². The van der Waals surface area contributed by atoms with Crippen molar-refractivity contribution in [2.24, 2.45) is 5.92 Å². The van der Waals surface area contributed by atoms with Crippen LogP contribution in [0.4, 0.5) is 5.82 Å². The van der Waals surface area contributed by atoms with E-state index in [2.05, 4.69) is 24.1 Å². The fourth-order valence-electron chi connectivity index (χ4n) is 2.88. The Hall–Kier alpha value is -2.34. The van der Waals surface area contributed by atoms with E-state index >= 15 is 0 Å². The van der Waals surface area contributed by atoms with Gasteiger partial charge in [-0.3, -0.25) is 4.79 Å². The van der Waals surface area contributed by atoms with E-state index in [9.17, 15) is 9.59 Å². The second kappa shape index (κ2) is 9.44. The fourth-order valence-corrected chi connectivity index (χ4v) is 3.00. The fraction of sp³-hybridized carbons (Fsp3) is 0.500. The largest absolute Gasteiger partial charge is 0.455 e. The molecule has 7 heteroatoms. The number of aromatic nitrogens is 2. The molecule has 0 bridgehead atoms. The number of benzene rings is 1. The van der Waals surface area contributed by atoms with Crippen LogP contribution in [-0.4, -0.2) is 27.0 Å². The first kappa shape index (κ1) is 22.9. The monoisotopic (exact) mass is 419 g/mol. The van der Waals surface area contributed by atoms with E-state index in [0.29, 0.717) is 29.5 Å². The van der Waals surface area contributed by atoms with Gasteiger partial charge in [0.05, 0.1) is 0 Å². The molecule has 6 nitrogen and oxygen atoms in total. The third-order valence-corrected chi connectivity index (χ3v) is 4.25. The summed E-state index contributed by atoms with van der Waals surface area (Å²) in [6, 6.07) is 6.54. The molecule has 0 saturated heterocycles. The SMILES string of the molecule is CCCc1nc(NC(=O)c2ccc(Cl)cc2)c(C(=O)OC(C)(C)C)n1CC(C)C. The average molecular weight is 420 g/mol. The minimum Gasteiger partial charge on any atom is -0.455 e. The highest BCUT2D eigenvalue weighted by Crippen LogP contribution is 2.24. The Bertz CT molecular complexity index is 865. The Labute approximate surface area is 177 Å². The van der Waals surface area contributed by atoms with Crippen LogP contribution in [0.25, 0.3) is 0 Å². The molecular formula is C22H30ClN3O3. The average Bonchev–Trinajstić information content (AvgIpc) is 2.90. The van der Waals surface area contributed by atoms with E-state index in [-0.39, 0.29) is 17.4 Å². The minimum absolute atomic E-state index is 0.225. The lowest BCUT2D eigenvalue weighted by Crippen LogP contribution is -2.27. The standard InChI is InChI=1S/C22H30ClN3O3/c1-7-8-17-24-19(25-20(27)15-9-11-16(23)12-10-15)18(26(17)13-14(2)3)21(28)29-22(4,5)6/h9-12,14H,7-8,13H2,1-6H3,(H,25,27). The van der Waals surface area contributed by atoms with Crippen LogP contribution in [0.2, 0.25) is 5.02 Å².